The Morgan fingerprint density at radius 1 is 1.38 bits per heavy atom. The van der Waals surface area contributed by atoms with Gasteiger partial charge in [-0.25, -0.2) is 0 Å². The van der Waals surface area contributed by atoms with Crippen molar-refractivity contribution in [1.82, 2.24) is 5.32 Å². The van der Waals surface area contributed by atoms with Crippen LogP contribution in [-0.2, 0) is 9.53 Å². The molecule has 78 valence electrons. The van der Waals surface area contributed by atoms with Crippen LogP contribution in [-0.4, -0.2) is 25.2 Å². The van der Waals surface area contributed by atoms with E-state index in [1.807, 2.05) is 6.92 Å². The van der Waals surface area contributed by atoms with E-state index in [-0.39, 0.29) is 30.3 Å². The van der Waals surface area contributed by atoms with Crippen molar-refractivity contribution in [1.29, 1.82) is 0 Å². The van der Waals surface area contributed by atoms with Gasteiger partial charge in [-0.15, -0.1) is 12.4 Å². The third kappa shape index (κ3) is 3.16. The normalized spacial score (nSPS) is 33.3. The van der Waals surface area contributed by atoms with Gasteiger partial charge in [0.25, 0.3) is 0 Å². The number of hydrogen-bond donors (Lipinski definition) is 1. The van der Waals surface area contributed by atoms with Crippen molar-refractivity contribution >= 4 is 18.4 Å². The molecule has 3 atom stereocenters. The third-order valence-corrected chi connectivity index (χ3v) is 2.57. The first-order valence-corrected chi connectivity index (χ1v) is 4.49. The molecule has 1 aliphatic heterocycles. The van der Waals surface area contributed by atoms with Crippen molar-refractivity contribution < 1.29 is 9.53 Å². The Kier molecular flexibility index (Phi) is 5.33. The van der Waals surface area contributed by atoms with Gasteiger partial charge < -0.3 is 10.1 Å². The SMILES string of the molecule is COC(=O)C1CCC(C)NC1C.Cl. The second kappa shape index (κ2) is 5.45. The molecule has 4 heteroatoms. The fourth-order valence-electron chi connectivity index (χ4n) is 1.80. The topological polar surface area (TPSA) is 38.3 Å². The second-order valence-corrected chi connectivity index (χ2v) is 3.56. The molecule has 0 amide bonds. The van der Waals surface area contributed by atoms with Crippen LogP contribution in [0.2, 0.25) is 0 Å². The van der Waals surface area contributed by atoms with Crippen molar-refractivity contribution in [2.75, 3.05) is 7.11 Å². The molecule has 0 aromatic rings. The summed E-state index contributed by atoms with van der Waals surface area (Å²) in [5, 5.41) is 3.34. The van der Waals surface area contributed by atoms with Crippen LogP contribution in [0.4, 0.5) is 0 Å². The predicted octanol–water partition coefficient (Wildman–Crippen LogP) is 1.36. The number of carbonyl (C=O) groups excluding carboxylic acids is 1. The van der Waals surface area contributed by atoms with Crippen LogP contribution in [0.5, 0.6) is 0 Å². The van der Waals surface area contributed by atoms with Gasteiger partial charge in [-0.05, 0) is 26.7 Å². The van der Waals surface area contributed by atoms with E-state index in [0.717, 1.165) is 12.8 Å². The molecule has 0 saturated carbocycles. The number of nitrogens with one attached hydrogen (secondary N) is 1. The molecule has 0 aliphatic carbocycles. The van der Waals surface area contributed by atoms with E-state index in [4.69, 9.17) is 4.74 Å². The summed E-state index contributed by atoms with van der Waals surface area (Å²) in [7, 11) is 1.45. The number of ether oxygens (including phenoxy) is 1. The minimum atomic E-state index is -0.0816. The maximum absolute atomic E-state index is 11.2. The van der Waals surface area contributed by atoms with Crippen LogP contribution < -0.4 is 5.32 Å². The van der Waals surface area contributed by atoms with Crippen molar-refractivity contribution in [3.63, 3.8) is 0 Å². The van der Waals surface area contributed by atoms with Gasteiger partial charge in [0.2, 0.25) is 0 Å². The highest BCUT2D eigenvalue weighted by atomic mass is 35.5. The van der Waals surface area contributed by atoms with E-state index in [2.05, 4.69) is 12.2 Å². The summed E-state index contributed by atoms with van der Waals surface area (Å²) < 4.78 is 4.72. The van der Waals surface area contributed by atoms with Gasteiger partial charge in [-0.2, -0.15) is 0 Å². The summed E-state index contributed by atoms with van der Waals surface area (Å²) in [6.07, 6.45) is 2.01. The molecule has 1 aliphatic rings. The number of piperidine rings is 1. The molecular weight excluding hydrogens is 190 g/mol. The van der Waals surface area contributed by atoms with Crippen LogP contribution in [0, 0.1) is 5.92 Å². The van der Waals surface area contributed by atoms with Crippen molar-refractivity contribution in [3.05, 3.63) is 0 Å². The lowest BCUT2D eigenvalue weighted by molar-refractivity contribution is -0.147. The Morgan fingerprint density at radius 3 is 2.46 bits per heavy atom. The minimum absolute atomic E-state index is 0. The fourth-order valence-corrected chi connectivity index (χ4v) is 1.80. The molecule has 0 aromatic carbocycles. The summed E-state index contributed by atoms with van der Waals surface area (Å²) in [5.74, 6) is -0.0342. The van der Waals surface area contributed by atoms with E-state index < -0.39 is 0 Å². The van der Waals surface area contributed by atoms with Crippen LogP contribution in [0.15, 0.2) is 0 Å². The Hall–Kier alpha value is -0.280. The highest BCUT2D eigenvalue weighted by Gasteiger charge is 2.30. The van der Waals surface area contributed by atoms with Gasteiger partial charge in [-0.3, -0.25) is 4.79 Å². The lowest BCUT2D eigenvalue weighted by atomic mass is 9.89. The summed E-state index contributed by atoms with van der Waals surface area (Å²) in [5.41, 5.74) is 0. The maximum atomic E-state index is 11.2. The highest BCUT2D eigenvalue weighted by molar-refractivity contribution is 5.85. The van der Waals surface area contributed by atoms with Crippen molar-refractivity contribution in [2.24, 2.45) is 5.92 Å². The number of esters is 1. The van der Waals surface area contributed by atoms with Gasteiger partial charge >= 0.3 is 5.97 Å². The van der Waals surface area contributed by atoms with E-state index in [0.29, 0.717) is 6.04 Å². The lowest BCUT2D eigenvalue weighted by Crippen LogP contribution is -2.47. The highest BCUT2D eigenvalue weighted by Crippen LogP contribution is 2.20. The minimum Gasteiger partial charge on any atom is -0.469 e. The Bertz CT molecular complexity index is 175. The van der Waals surface area contributed by atoms with Crippen LogP contribution >= 0.6 is 12.4 Å². The van der Waals surface area contributed by atoms with Crippen molar-refractivity contribution in [2.45, 2.75) is 38.8 Å². The molecule has 0 bridgehead atoms. The van der Waals surface area contributed by atoms with Gasteiger partial charge in [-0.1, -0.05) is 0 Å². The standard InChI is InChI=1S/C9H17NO2.ClH/c1-6-4-5-8(7(2)10-6)9(11)12-3;/h6-8,10H,4-5H2,1-3H3;1H. The lowest BCUT2D eigenvalue weighted by Gasteiger charge is -2.32. The molecule has 1 heterocycles. The maximum Gasteiger partial charge on any atom is 0.310 e. The van der Waals surface area contributed by atoms with Gasteiger partial charge in [0.05, 0.1) is 13.0 Å². The van der Waals surface area contributed by atoms with Gasteiger partial charge in [0.1, 0.15) is 0 Å². The molecule has 1 rings (SSSR count). The Morgan fingerprint density at radius 2 is 2.00 bits per heavy atom. The molecular formula is C9H18ClNO2. The molecule has 3 unspecified atom stereocenters. The zero-order valence-electron chi connectivity index (χ0n) is 8.37. The van der Waals surface area contributed by atoms with Gasteiger partial charge in [0, 0.05) is 12.1 Å². The first-order valence-electron chi connectivity index (χ1n) is 4.49. The molecule has 0 aromatic heterocycles. The molecule has 1 fully saturated rings. The number of carbonyl (C=O) groups is 1. The summed E-state index contributed by atoms with van der Waals surface area (Å²) in [6, 6.07) is 0.780. The number of hydrogen-bond acceptors (Lipinski definition) is 3. The van der Waals surface area contributed by atoms with Crippen LogP contribution in [0.3, 0.4) is 0 Å². The zero-order valence-corrected chi connectivity index (χ0v) is 9.19. The fraction of sp³-hybridized carbons (Fsp3) is 0.889. The first kappa shape index (κ1) is 12.7. The Labute approximate surface area is 85.6 Å². The summed E-state index contributed by atoms with van der Waals surface area (Å²) in [6.45, 7) is 4.18. The van der Waals surface area contributed by atoms with Crippen LogP contribution in [0.1, 0.15) is 26.7 Å². The Balaban J connectivity index is 0.00000144. The molecule has 3 nitrogen and oxygen atoms in total. The average Bonchev–Trinajstić information content (AvgIpc) is 2.03. The molecule has 13 heavy (non-hydrogen) atoms. The van der Waals surface area contributed by atoms with E-state index in [1.165, 1.54) is 7.11 Å². The largest absolute Gasteiger partial charge is 0.469 e. The molecule has 1 N–H and O–H groups in total. The van der Waals surface area contributed by atoms with Crippen molar-refractivity contribution in [3.8, 4) is 0 Å². The summed E-state index contributed by atoms with van der Waals surface area (Å²) in [4.78, 5) is 11.2. The van der Waals surface area contributed by atoms with Crippen LogP contribution in [0.25, 0.3) is 0 Å². The summed E-state index contributed by atoms with van der Waals surface area (Å²) >= 11 is 0. The average molecular weight is 208 g/mol. The number of rotatable bonds is 1. The van der Waals surface area contributed by atoms with Gasteiger partial charge in [0.15, 0.2) is 0 Å². The van der Waals surface area contributed by atoms with E-state index in [1.54, 1.807) is 0 Å². The molecule has 0 radical (unpaired) electrons. The van der Waals surface area contributed by atoms with E-state index in [9.17, 15) is 4.79 Å². The smallest absolute Gasteiger partial charge is 0.310 e. The predicted molar refractivity (Wildman–Crippen MR) is 54.0 cm³/mol. The second-order valence-electron chi connectivity index (χ2n) is 3.56. The third-order valence-electron chi connectivity index (χ3n) is 2.57. The molecule has 1 saturated heterocycles. The number of methoxy groups -OCH3 is 1. The number of halogens is 1. The van der Waals surface area contributed by atoms with E-state index >= 15 is 0 Å². The first-order chi connectivity index (χ1) is 5.65. The monoisotopic (exact) mass is 207 g/mol. The quantitative estimate of drug-likeness (QED) is 0.660. The molecule has 0 spiro atoms. The zero-order chi connectivity index (χ0) is 9.14.